The minimum Gasteiger partial charge on any atom is -0.308 e. The van der Waals surface area contributed by atoms with Crippen LogP contribution in [-0.2, 0) is 13.0 Å². The molecule has 0 atom stereocenters. The number of hydrogen-bond donors (Lipinski definition) is 0. The van der Waals surface area contributed by atoms with Crippen molar-refractivity contribution in [3.63, 3.8) is 0 Å². The smallest absolute Gasteiger partial charge is 0.160 e. The monoisotopic (exact) mass is 279 g/mol. The van der Waals surface area contributed by atoms with Crippen LogP contribution < -0.4 is 0 Å². The number of hydrogen-bond acceptors (Lipinski definition) is 2. The molecule has 0 aliphatic rings. The average molecular weight is 279 g/mol. The summed E-state index contributed by atoms with van der Waals surface area (Å²) in [6, 6.07) is 12.7. The normalized spacial score (nSPS) is 11.4. The maximum atomic E-state index is 4.77. The number of rotatable bonds is 4. The molecule has 3 aromatic rings. The minimum atomic E-state index is 0.582. The first-order valence-electron chi connectivity index (χ1n) is 7.49. The molecule has 0 spiro atoms. The van der Waals surface area contributed by atoms with E-state index >= 15 is 0 Å². The van der Waals surface area contributed by atoms with Gasteiger partial charge in [-0.25, -0.2) is 9.97 Å². The molecule has 0 bridgehead atoms. The van der Waals surface area contributed by atoms with Crippen LogP contribution in [0.15, 0.2) is 42.6 Å². The third-order valence-electron chi connectivity index (χ3n) is 3.63. The summed E-state index contributed by atoms with van der Waals surface area (Å²) in [6.07, 6.45) is 2.82. The van der Waals surface area contributed by atoms with Gasteiger partial charge in [0.15, 0.2) is 5.65 Å². The SMILES string of the molecule is Cc1ccc(Cn2c(CC(C)C)nc3cccnc32)cc1. The highest BCUT2D eigenvalue weighted by Crippen LogP contribution is 2.18. The topological polar surface area (TPSA) is 30.7 Å². The number of pyridine rings is 1. The second-order valence-electron chi connectivity index (χ2n) is 6.04. The number of benzene rings is 1. The lowest BCUT2D eigenvalue weighted by Crippen LogP contribution is -2.08. The standard InChI is InChI=1S/C18H21N3/c1-13(2)11-17-20-16-5-4-10-19-18(16)21(17)12-15-8-6-14(3)7-9-15/h4-10,13H,11-12H2,1-3H3. The van der Waals surface area contributed by atoms with Gasteiger partial charge in [0.2, 0.25) is 0 Å². The molecule has 0 N–H and O–H groups in total. The Balaban J connectivity index is 2.03. The summed E-state index contributed by atoms with van der Waals surface area (Å²) in [5, 5.41) is 0. The summed E-state index contributed by atoms with van der Waals surface area (Å²) in [7, 11) is 0. The van der Waals surface area contributed by atoms with Gasteiger partial charge in [0, 0.05) is 12.6 Å². The van der Waals surface area contributed by atoms with Gasteiger partial charge in [0.05, 0.1) is 6.54 Å². The molecule has 0 fully saturated rings. The second kappa shape index (κ2) is 5.68. The van der Waals surface area contributed by atoms with Gasteiger partial charge in [-0.1, -0.05) is 43.7 Å². The van der Waals surface area contributed by atoms with Gasteiger partial charge in [-0.3, -0.25) is 0 Å². The third-order valence-corrected chi connectivity index (χ3v) is 3.63. The van der Waals surface area contributed by atoms with E-state index in [2.05, 4.69) is 54.6 Å². The quantitative estimate of drug-likeness (QED) is 0.723. The van der Waals surface area contributed by atoms with Crippen molar-refractivity contribution in [2.75, 3.05) is 0 Å². The fourth-order valence-corrected chi connectivity index (χ4v) is 2.57. The van der Waals surface area contributed by atoms with Crippen molar-refractivity contribution in [3.05, 3.63) is 59.5 Å². The van der Waals surface area contributed by atoms with Crippen LogP contribution in [0.2, 0.25) is 0 Å². The molecule has 21 heavy (non-hydrogen) atoms. The molecular formula is C18H21N3. The van der Waals surface area contributed by atoms with Crippen molar-refractivity contribution in [3.8, 4) is 0 Å². The molecule has 2 heterocycles. The summed E-state index contributed by atoms with van der Waals surface area (Å²) >= 11 is 0. The van der Waals surface area contributed by atoms with Gasteiger partial charge < -0.3 is 4.57 Å². The fourth-order valence-electron chi connectivity index (χ4n) is 2.57. The van der Waals surface area contributed by atoms with Crippen molar-refractivity contribution in [1.29, 1.82) is 0 Å². The first kappa shape index (κ1) is 13.8. The lowest BCUT2D eigenvalue weighted by Gasteiger charge is -2.10. The Morgan fingerprint density at radius 2 is 1.86 bits per heavy atom. The molecule has 3 nitrogen and oxygen atoms in total. The van der Waals surface area contributed by atoms with E-state index in [1.807, 2.05) is 18.3 Å². The maximum absolute atomic E-state index is 4.77. The zero-order valence-electron chi connectivity index (χ0n) is 12.9. The number of nitrogens with zero attached hydrogens (tertiary/aromatic N) is 3. The van der Waals surface area contributed by atoms with Crippen LogP contribution in [0.1, 0.15) is 30.8 Å². The Morgan fingerprint density at radius 1 is 1.10 bits per heavy atom. The van der Waals surface area contributed by atoms with E-state index < -0.39 is 0 Å². The average Bonchev–Trinajstić information content (AvgIpc) is 2.78. The minimum absolute atomic E-state index is 0.582. The number of fused-ring (bicyclic) bond motifs is 1. The van der Waals surface area contributed by atoms with E-state index in [1.54, 1.807) is 0 Å². The molecule has 0 saturated heterocycles. The highest BCUT2D eigenvalue weighted by atomic mass is 15.1. The van der Waals surface area contributed by atoms with Gasteiger partial charge in [-0.2, -0.15) is 0 Å². The van der Waals surface area contributed by atoms with Gasteiger partial charge in [0.25, 0.3) is 0 Å². The summed E-state index contributed by atoms with van der Waals surface area (Å²) < 4.78 is 2.25. The molecular weight excluding hydrogens is 258 g/mol. The van der Waals surface area contributed by atoms with Gasteiger partial charge in [0.1, 0.15) is 11.3 Å². The van der Waals surface area contributed by atoms with Crippen molar-refractivity contribution in [2.45, 2.75) is 33.7 Å². The van der Waals surface area contributed by atoms with Gasteiger partial charge in [-0.05, 0) is 30.5 Å². The van der Waals surface area contributed by atoms with Gasteiger partial charge in [-0.15, -0.1) is 0 Å². The van der Waals surface area contributed by atoms with Crippen molar-refractivity contribution in [2.24, 2.45) is 5.92 Å². The molecule has 0 aliphatic heterocycles. The molecule has 0 amide bonds. The number of aryl methyl sites for hydroxylation is 1. The molecule has 0 radical (unpaired) electrons. The summed E-state index contributed by atoms with van der Waals surface area (Å²) in [5.41, 5.74) is 4.54. The van der Waals surface area contributed by atoms with Crippen LogP contribution in [0.25, 0.3) is 11.2 Å². The molecule has 3 rings (SSSR count). The zero-order valence-corrected chi connectivity index (χ0v) is 12.9. The predicted molar refractivity (Wildman–Crippen MR) is 86.4 cm³/mol. The lowest BCUT2D eigenvalue weighted by atomic mass is 10.1. The molecule has 2 aromatic heterocycles. The molecule has 0 unspecified atom stereocenters. The van der Waals surface area contributed by atoms with E-state index in [4.69, 9.17) is 4.98 Å². The van der Waals surface area contributed by atoms with E-state index in [0.717, 1.165) is 30.0 Å². The van der Waals surface area contributed by atoms with E-state index in [9.17, 15) is 0 Å². The van der Waals surface area contributed by atoms with Gasteiger partial charge >= 0.3 is 0 Å². The molecule has 1 aromatic carbocycles. The molecule has 0 aliphatic carbocycles. The van der Waals surface area contributed by atoms with Crippen molar-refractivity contribution in [1.82, 2.24) is 14.5 Å². The first-order valence-corrected chi connectivity index (χ1v) is 7.49. The van der Waals surface area contributed by atoms with Crippen LogP contribution in [0, 0.1) is 12.8 Å². The van der Waals surface area contributed by atoms with E-state index in [1.165, 1.54) is 11.1 Å². The molecule has 0 saturated carbocycles. The third kappa shape index (κ3) is 2.97. The van der Waals surface area contributed by atoms with Crippen LogP contribution in [0.5, 0.6) is 0 Å². The van der Waals surface area contributed by atoms with Crippen molar-refractivity contribution < 1.29 is 0 Å². The van der Waals surface area contributed by atoms with Crippen LogP contribution >= 0.6 is 0 Å². The van der Waals surface area contributed by atoms with Crippen molar-refractivity contribution >= 4 is 11.2 Å². The maximum Gasteiger partial charge on any atom is 0.160 e. The molecule has 108 valence electrons. The fraction of sp³-hybridized carbons (Fsp3) is 0.333. The summed E-state index contributed by atoms with van der Waals surface area (Å²) in [5.74, 6) is 1.71. The van der Waals surface area contributed by atoms with E-state index in [-0.39, 0.29) is 0 Å². The Hall–Kier alpha value is -2.16. The zero-order chi connectivity index (χ0) is 14.8. The Morgan fingerprint density at radius 3 is 2.57 bits per heavy atom. The lowest BCUT2D eigenvalue weighted by molar-refractivity contribution is 0.594. The van der Waals surface area contributed by atoms with E-state index in [0.29, 0.717) is 5.92 Å². The summed E-state index contributed by atoms with van der Waals surface area (Å²) in [4.78, 5) is 9.29. The largest absolute Gasteiger partial charge is 0.308 e. The number of aromatic nitrogens is 3. The Kier molecular flexibility index (Phi) is 3.74. The molecule has 3 heteroatoms. The Labute approximate surface area is 125 Å². The number of imidazole rings is 1. The first-order chi connectivity index (χ1) is 10.1. The Bertz CT molecular complexity index is 739. The van der Waals surface area contributed by atoms with Crippen LogP contribution in [0.3, 0.4) is 0 Å². The van der Waals surface area contributed by atoms with Crippen LogP contribution in [0.4, 0.5) is 0 Å². The highest BCUT2D eigenvalue weighted by Gasteiger charge is 2.13. The van der Waals surface area contributed by atoms with Crippen LogP contribution in [-0.4, -0.2) is 14.5 Å². The predicted octanol–water partition coefficient (Wildman–Crippen LogP) is 3.99. The second-order valence-corrected chi connectivity index (χ2v) is 6.04. The summed E-state index contributed by atoms with van der Waals surface area (Å²) in [6.45, 7) is 7.39. The highest BCUT2D eigenvalue weighted by molar-refractivity contribution is 5.71.